The number of likely N-dealkylation sites (tertiary alicyclic amines) is 1. The Kier molecular flexibility index (Phi) is 6.91. The summed E-state index contributed by atoms with van der Waals surface area (Å²) in [5, 5.41) is 1.71. The van der Waals surface area contributed by atoms with E-state index >= 15 is 0 Å². The van der Waals surface area contributed by atoms with Gasteiger partial charge < -0.3 is 30.8 Å². The number of fused-ring (bicyclic) bond motifs is 3. The lowest BCUT2D eigenvalue weighted by Crippen LogP contribution is -2.54. The fourth-order valence-electron chi connectivity index (χ4n) is 5.74. The molecule has 4 aromatic rings. The maximum Gasteiger partial charge on any atom is 0.404 e. The lowest BCUT2D eigenvalue weighted by molar-refractivity contribution is -0.00435. The number of piperidine rings is 1. The third-order valence-electron chi connectivity index (χ3n) is 7.72. The molecule has 40 heavy (non-hydrogen) atoms. The van der Waals surface area contributed by atoms with Crippen molar-refractivity contribution in [2.75, 3.05) is 13.7 Å². The van der Waals surface area contributed by atoms with E-state index in [9.17, 15) is 14.4 Å². The van der Waals surface area contributed by atoms with Crippen molar-refractivity contribution in [1.29, 1.82) is 0 Å². The fraction of sp³-hybridized carbons (Fsp3) is 0.323. The molecule has 3 aromatic carbocycles. The number of hydrogen-bond donors (Lipinski definition) is 3. The number of nitrogens with one attached hydrogen (secondary N) is 1. The number of nitrogens with two attached hydrogens (primary N) is 2. The minimum Gasteiger partial charge on any atom is -0.497 e. The summed E-state index contributed by atoms with van der Waals surface area (Å²) in [5.74, 6) is 0.0518. The first kappa shape index (κ1) is 27.1. The zero-order chi connectivity index (χ0) is 28.8. The monoisotopic (exact) mass is 542 g/mol. The van der Waals surface area contributed by atoms with Gasteiger partial charge in [0.2, 0.25) is 0 Å². The number of benzene rings is 3. The predicted octanol–water partition coefficient (Wildman–Crippen LogP) is 5.21. The summed E-state index contributed by atoms with van der Waals surface area (Å²) in [6.07, 6.45) is -0.0910. The van der Waals surface area contributed by atoms with Gasteiger partial charge in [0, 0.05) is 47.3 Å². The molecule has 9 nitrogen and oxygen atoms in total. The lowest BCUT2D eigenvalue weighted by Gasteiger charge is -2.45. The van der Waals surface area contributed by atoms with Crippen molar-refractivity contribution in [3.8, 4) is 16.9 Å². The number of amides is 3. The molecule has 208 valence electrons. The van der Waals surface area contributed by atoms with E-state index < -0.39 is 12.0 Å². The highest BCUT2D eigenvalue weighted by molar-refractivity contribution is 6.17. The van der Waals surface area contributed by atoms with Crippen molar-refractivity contribution < 1.29 is 23.9 Å². The van der Waals surface area contributed by atoms with E-state index in [-0.39, 0.29) is 23.5 Å². The topological polar surface area (TPSA) is 141 Å². The molecule has 0 spiro atoms. The molecule has 9 heteroatoms. The number of primary amides is 2. The molecule has 0 radical (unpaired) electrons. The number of hydrogen-bond acceptors (Lipinski definition) is 5. The van der Waals surface area contributed by atoms with Gasteiger partial charge in [-0.3, -0.25) is 9.59 Å². The van der Waals surface area contributed by atoms with Crippen LogP contribution in [0.5, 0.6) is 5.75 Å². The molecule has 1 fully saturated rings. The highest BCUT2D eigenvalue weighted by atomic mass is 16.6. The maximum absolute atomic E-state index is 13.8. The third-order valence-corrected chi connectivity index (χ3v) is 7.72. The first-order valence-electron chi connectivity index (χ1n) is 13.3. The molecule has 1 saturated heterocycles. The van der Waals surface area contributed by atoms with E-state index in [1.165, 1.54) is 0 Å². The largest absolute Gasteiger partial charge is 0.497 e. The second-order valence-electron chi connectivity index (χ2n) is 11.4. The first-order valence-corrected chi connectivity index (χ1v) is 13.3. The van der Waals surface area contributed by atoms with Gasteiger partial charge in [0.1, 0.15) is 11.9 Å². The lowest BCUT2D eigenvalue weighted by atomic mass is 9.79. The standard InChI is InChI=1S/C31H34N4O5/c1-31(2,3)26-16-21(40-30(33)38)10-11-35(26)29(37)18-8-9-22-23-13-19(17-6-5-7-20(12-17)39-4)14-24(28(32)36)27(23)34-25(22)15-18/h5-9,12-15,21,26,34H,10-11,16H2,1-4H3,(H2,32,36)(H2,33,38). The van der Waals surface area contributed by atoms with Gasteiger partial charge in [-0.25, -0.2) is 4.79 Å². The number of aromatic amines is 1. The number of methoxy groups -OCH3 is 1. The highest BCUT2D eigenvalue weighted by Gasteiger charge is 2.40. The van der Waals surface area contributed by atoms with Gasteiger partial charge >= 0.3 is 6.09 Å². The quantitative estimate of drug-likeness (QED) is 0.317. The minimum absolute atomic E-state index is 0.106. The summed E-state index contributed by atoms with van der Waals surface area (Å²) in [6.45, 7) is 6.64. The molecule has 0 aliphatic carbocycles. The van der Waals surface area contributed by atoms with Crippen molar-refractivity contribution in [2.24, 2.45) is 16.9 Å². The summed E-state index contributed by atoms with van der Waals surface area (Å²) in [6, 6.07) is 16.8. The molecule has 1 aliphatic heterocycles. The highest BCUT2D eigenvalue weighted by Crippen LogP contribution is 2.36. The molecule has 5 rings (SSSR count). The van der Waals surface area contributed by atoms with Gasteiger partial charge in [-0.1, -0.05) is 39.0 Å². The average Bonchev–Trinajstić information content (AvgIpc) is 3.29. The van der Waals surface area contributed by atoms with Gasteiger partial charge in [-0.2, -0.15) is 0 Å². The van der Waals surface area contributed by atoms with Crippen LogP contribution in [0.1, 0.15) is 54.3 Å². The van der Waals surface area contributed by atoms with Crippen molar-refractivity contribution in [1.82, 2.24) is 9.88 Å². The van der Waals surface area contributed by atoms with Crippen LogP contribution in [0.2, 0.25) is 0 Å². The molecule has 1 aromatic heterocycles. The van der Waals surface area contributed by atoms with Crippen molar-refractivity contribution >= 4 is 39.7 Å². The molecule has 3 amide bonds. The van der Waals surface area contributed by atoms with Crippen LogP contribution in [0.3, 0.4) is 0 Å². The molecule has 1 aliphatic rings. The summed E-state index contributed by atoms with van der Waals surface area (Å²) in [4.78, 5) is 42.8. The van der Waals surface area contributed by atoms with Crippen molar-refractivity contribution in [3.05, 3.63) is 65.7 Å². The van der Waals surface area contributed by atoms with Gasteiger partial charge in [0.25, 0.3) is 11.8 Å². The SMILES string of the molecule is COc1cccc(-c2cc(C(N)=O)c3[nH]c4cc(C(=O)N5CCC(OC(N)=O)CC5C(C)(C)C)ccc4c3c2)c1. The summed E-state index contributed by atoms with van der Waals surface area (Å²) < 4.78 is 10.7. The van der Waals surface area contributed by atoms with Crippen LogP contribution in [0.25, 0.3) is 32.9 Å². The van der Waals surface area contributed by atoms with Gasteiger partial charge in [-0.15, -0.1) is 0 Å². The van der Waals surface area contributed by atoms with Crippen LogP contribution in [-0.4, -0.2) is 53.6 Å². The Labute approximate surface area is 232 Å². The van der Waals surface area contributed by atoms with Crippen LogP contribution in [0.15, 0.2) is 54.6 Å². The second-order valence-corrected chi connectivity index (χ2v) is 11.4. The minimum atomic E-state index is -0.799. The van der Waals surface area contributed by atoms with Crippen molar-refractivity contribution in [2.45, 2.75) is 45.8 Å². The third kappa shape index (κ3) is 5.06. The summed E-state index contributed by atoms with van der Waals surface area (Å²) >= 11 is 0. The van der Waals surface area contributed by atoms with E-state index in [0.29, 0.717) is 41.8 Å². The molecular weight excluding hydrogens is 508 g/mol. The van der Waals surface area contributed by atoms with E-state index in [1.54, 1.807) is 13.2 Å². The van der Waals surface area contributed by atoms with Crippen LogP contribution >= 0.6 is 0 Å². The Morgan fingerprint density at radius 2 is 1.75 bits per heavy atom. The predicted molar refractivity (Wildman–Crippen MR) is 154 cm³/mol. The Morgan fingerprint density at radius 3 is 2.42 bits per heavy atom. The normalized spacial score (nSPS) is 17.6. The maximum atomic E-state index is 13.8. The molecule has 0 saturated carbocycles. The molecule has 0 bridgehead atoms. The van der Waals surface area contributed by atoms with E-state index in [4.69, 9.17) is 20.9 Å². The Hall–Kier alpha value is -4.53. The smallest absolute Gasteiger partial charge is 0.404 e. The van der Waals surface area contributed by atoms with Crippen LogP contribution < -0.4 is 16.2 Å². The molecule has 2 unspecified atom stereocenters. The van der Waals surface area contributed by atoms with Crippen LogP contribution in [0.4, 0.5) is 4.79 Å². The molecule has 2 atom stereocenters. The van der Waals surface area contributed by atoms with E-state index in [2.05, 4.69) is 25.8 Å². The van der Waals surface area contributed by atoms with Gasteiger partial charge in [-0.05, 0) is 52.9 Å². The number of carbonyl (C=O) groups excluding carboxylic acids is 3. The van der Waals surface area contributed by atoms with E-state index in [0.717, 1.165) is 27.4 Å². The molecular formula is C31H34N4O5. The van der Waals surface area contributed by atoms with Crippen LogP contribution in [-0.2, 0) is 4.74 Å². The van der Waals surface area contributed by atoms with E-state index in [1.807, 2.05) is 53.4 Å². The zero-order valence-electron chi connectivity index (χ0n) is 23.1. The van der Waals surface area contributed by atoms with Gasteiger partial charge in [0.15, 0.2) is 0 Å². The summed E-state index contributed by atoms with van der Waals surface area (Å²) in [5.41, 5.74) is 14.8. The Balaban J connectivity index is 1.55. The number of nitrogens with zero attached hydrogens (tertiary/aromatic N) is 1. The Morgan fingerprint density at radius 1 is 0.975 bits per heavy atom. The zero-order valence-corrected chi connectivity index (χ0v) is 23.1. The number of aromatic nitrogens is 1. The van der Waals surface area contributed by atoms with Crippen LogP contribution in [0, 0.1) is 5.41 Å². The Bertz CT molecular complexity index is 1630. The summed E-state index contributed by atoms with van der Waals surface area (Å²) in [7, 11) is 1.61. The fourth-order valence-corrected chi connectivity index (χ4v) is 5.74. The number of rotatable bonds is 5. The van der Waals surface area contributed by atoms with Gasteiger partial charge in [0.05, 0.1) is 18.2 Å². The van der Waals surface area contributed by atoms with Crippen molar-refractivity contribution in [3.63, 3.8) is 0 Å². The first-order chi connectivity index (χ1) is 19.0. The number of ether oxygens (including phenoxy) is 2. The number of carbonyl (C=O) groups is 3. The molecule has 2 heterocycles. The second kappa shape index (κ2) is 10.2. The number of H-pyrrole nitrogens is 1. The molecule has 5 N–H and O–H groups in total. The average molecular weight is 543 g/mol.